The highest BCUT2D eigenvalue weighted by atomic mass is 16.1. The third-order valence-electron chi connectivity index (χ3n) is 8.52. The van der Waals surface area contributed by atoms with Crippen LogP contribution in [0.1, 0.15) is 50.8 Å². The molecule has 3 N–H and O–H groups in total. The normalized spacial score (nSPS) is 26.8. The molecule has 2 aromatic heterocycles. The number of hydrogen-bond acceptors (Lipinski definition) is 5. The molecule has 1 aromatic carbocycles. The molecule has 4 fully saturated rings. The van der Waals surface area contributed by atoms with Crippen LogP contribution >= 0.6 is 0 Å². The van der Waals surface area contributed by atoms with E-state index in [4.69, 9.17) is 4.98 Å². The zero-order valence-electron chi connectivity index (χ0n) is 20.6. The van der Waals surface area contributed by atoms with Gasteiger partial charge in [-0.3, -0.25) is 4.79 Å². The number of hydrogen-bond donors (Lipinski definition) is 3. The zero-order chi connectivity index (χ0) is 23.8. The van der Waals surface area contributed by atoms with E-state index < -0.39 is 0 Å². The van der Waals surface area contributed by atoms with Crippen molar-refractivity contribution in [3.8, 4) is 0 Å². The smallest absolute Gasteiger partial charge is 0.224 e. The van der Waals surface area contributed by atoms with E-state index in [1.807, 2.05) is 48.3 Å². The fraction of sp³-hybridized carbons (Fsp3) is 0.536. The molecule has 1 amide bonds. The van der Waals surface area contributed by atoms with E-state index in [0.29, 0.717) is 6.42 Å². The molecular formula is C28H36N6O. The number of imidazole rings is 1. The molecule has 4 aliphatic carbocycles. The van der Waals surface area contributed by atoms with Gasteiger partial charge in [-0.15, -0.1) is 0 Å². The van der Waals surface area contributed by atoms with Crippen molar-refractivity contribution in [3.05, 3.63) is 48.5 Å². The second-order valence-electron chi connectivity index (χ2n) is 11.3. The predicted molar refractivity (Wildman–Crippen MR) is 139 cm³/mol. The summed E-state index contributed by atoms with van der Waals surface area (Å²) in [5, 5.41) is 11.0. The molecule has 7 rings (SSSR count). The first-order valence-electron chi connectivity index (χ1n) is 13.2. The number of carbonyl (C=O) groups is 1. The number of carbonyl (C=O) groups excluding carboxylic acids is 1. The van der Waals surface area contributed by atoms with Crippen LogP contribution in [0.2, 0.25) is 0 Å². The molecule has 7 heteroatoms. The Morgan fingerprint density at radius 3 is 2.54 bits per heavy atom. The van der Waals surface area contributed by atoms with Gasteiger partial charge >= 0.3 is 0 Å². The first-order valence-corrected chi connectivity index (χ1v) is 13.2. The summed E-state index contributed by atoms with van der Waals surface area (Å²) in [6.45, 7) is 2.32. The Hall–Kier alpha value is -2.93. The molecule has 0 radical (unpaired) electrons. The average Bonchev–Trinajstić information content (AvgIpc) is 3.22. The van der Waals surface area contributed by atoms with Crippen molar-refractivity contribution in [1.82, 2.24) is 19.9 Å². The maximum absolute atomic E-state index is 13.2. The molecule has 3 aromatic rings. The van der Waals surface area contributed by atoms with E-state index in [-0.39, 0.29) is 11.3 Å². The second-order valence-corrected chi connectivity index (χ2v) is 11.3. The Balaban J connectivity index is 1.05. The van der Waals surface area contributed by atoms with Crippen LogP contribution in [0.15, 0.2) is 42.7 Å². The minimum absolute atomic E-state index is 0.167. The molecule has 0 aliphatic heterocycles. The second kappa shape index (κ2) is 9.26. The highest BCUT2D eigenvalue weighted by Gasteiger charge is 2.51. The molecule has 4 aliphatic rings. The Morgan fingerprint density at radius 2 is 1.83 bits per heavy atom. The van der Waals surface area contributed by atoms with Crippen molar-refractivity contribution in [2.75, 3.05) is 23.7 Å². The number of aryl methyl sites for hydroxylation is 1. The van der Waals surface area contributed by atoms with Gasteiger partial charge in [-0.1, -0.05) is 6.07 Å². The number of rotatable bonds is 9. The highest BCUT2D eigenvalue weighted by molar-refractivity contribution is 6.01. The first-order chi connectivity index (χ1) is 17.1. The highest BCUT2D eigenvalue weighted by Crippen LogP contribution is 2.61. The zero-order valence-corrected chi connectivity index (χ0v) is 20.6. The van der Waals surface area contributed by atoms with Gasteiger partial charge in [-0.2, -0.15) is 0 Å². The third kappa shape index (κ3) is 4.79. The van der Waals surface area contributed by atoms with Crippen LogP contribution in [-0.2, 0) is 18.4 Å². The van der Waals surface area contributed by atoms with Crippen molar-refractivity contribution in [2.45, 2.75) is 51.5 Å². The average molecular weight is 473 g/mol. The molecular weight excluding hydrogens is 436 g/mol. The molecule has 0 atom stereocenters. The summed E-state index contributed by atoms with van der Waals surface area (Å²) in [5.41, 5.74) is 2.01. The molecule has 4 saturated carbocycles. The van der Waals surface area contributed by atoms with Gasteiger partial charge in [0.2, 0.25) is 5.91 Å². The van der Waals surface area contributed by atoms with Crippen molar-refractivity contribution in [2.24, 2.45) is 30.2 Å². The number of amides is 1. The quantitative estimate of drug-likeness (QED) is 0.393. The van der Waals surface area contributed by atoms with E-state index in [0.717, 1.165) is 65.6 Å². The minimum Gasteiger partial charge on any atom is -0.369 e. The van der Waals surface area contributed by atoms with E-state index >= 15 is 0 Å². The lowest BCUT2D eigenvalue weighted by atomic mass is 9.49. The first kappa shape index (κ1) is 22.5. The fourth-order valence-electron chi connectivity index (χ4n) is 7.45. The van der Waals surface area contributed by atoms with Gasteiger partial charge in [0.1, 0.15) is 11.6 Å². The van der Waals surface area contributed by atoms with Crippen LogP contribution in [0.4, 0.5) is 11.5 Å². The topological polar surface area (TPSA) is 83.9 Å². The maximum atomic E-state index is 13.2. The number of nitrogens with zero attached hydrogens (tertiary/aromatic N) is 3. The van der Waals surface area contributed by atoms with Crippen molar-refractivity contribution >= 4 is 28.3 Å². The van der Waals surface area contributed by atoms with Gasteiger partial charge in [-0.25, -0.2) is 9.97 Å². The Morgan fingerprint density at radius 1 is 1.06 bits per heavy atom. The molecule has 0 unspecified atom stereocenters. The van der Waals surface area contributed by atoms with E-state index in [9.17, 15) is 4.79 Å². The summed E-state index contributed by atoms with van der Waals surface area (Å²) in [6, 6.07) is 10.0. The molecule has 4 bridgehead atoms. The summed E-state index contributed by atoms with van der Waals surface area (Å²) < 4.78 is 2.02. The molecule has 7 nitrogen and oxygen atoms in total. The maximum Gasteiger partial charge on any atom is 0.224 e. The fourth-order valence-corrected chi connectivity index (χ4v) is 7.45. The van der Waals surface area contributed by atoms with E-state index in [1.54, 1.807) is 0 Å². The lowest BCUT2D eigenvalue weighted by Gasteiger charge is -2.56. The largest absolute Gasteiger partial charge is 0.369 e. The van der Waals surface area contributed by atoms with E-state index in [1.165, 1.54) is 38.5 Å². The number of anilines is 2. The van der Waals surface area contributed by atoms with Crippen LogP contribution in [0.25, 0.3) is 10.9 Å². The molecule has 0 saturated heterocycles. The van der Waals surface area contributed by atoms with Gasteiger partial charge in [0, 0.05) is 44.3 Å². The lowest BCUT2D eigenvalue weighted by Crippen LogP contribution is -2.47. The Labute approximate surface area is 207 Å². The monoisotopic (exact) mass is 472 g/mol. The number of pyridine rings is 1. The molecule has 35 heavy (non-hydrogen) atoms. The standard InChI is InChI=1S/C28H36N6O/c1-34-10-9-31-26(34)18-29-7-8-30-25-6-5-22-23(32-25)3-2-4-24(22)33-27(35)17-28-14-19-11-20(15-28)13-21(12-19)16-28/h2-6,9-10,19-21,29H,7-8,11-18H2,1H3,(H,30,32)(H,33,35). The van der Waals surface area contributed by atoms with E-state index in [2.05, 4.69) is 27.0 Å². The van der Waals surface area contributed by atoms with Crippen LogP contribution < -0.4 is 16.0 Å². The van der Waals surface area contributed by atoms with Gasteiger partial charge in [-0.05, 0) is 86.0 Å². The Bertz CT molecular complexity index is 1180. The number of aromatic nitrogens is 3. The number of benzene rings is 1. The predicted octanol–water partition coefficient (Wildman–Crippen LogP) is 4.72. The van der Waals surface area contributed by atoms with Crippen LogP contribution in [0.5, 0.6) is 0 Å². The number of nitrogens with one attached hydrogen (secondary N) is 3. The number of fused-ring (bicyclic) bond motifs is 1. The van der Waals surface area contributed by atoms with Crippen molar-refractivity contribution in [1.29, 1.82) is 0 Å². The van der Waals surface area contributed by atoms with Gasteiger partial charge in [0.25, 0.3) is 0 Å². The van der Waals surface area contributed by atoms with Crippen LogP contribution in [-0.4, -0.2) is 33.5 Å². The van der Waals surface area contributed by atoms with Gasteiger partial charge < -0.3 is 20.5 Å². The summed E-state index contributed by atoms with van der Waals surface area (Å²) in [6.07, 6.45) is 12.4. The van der Waals surface area contributed by atoms with Crippen molar-refractivity contribution < 1.29 is 4.79 Å². The molecule has 184 valence electrons. The Kier molecular flexibility index (Phi) is 5.96. The van der Waals surface area contributed by atoms with Crippen molar-refractivity contribution in [3.63, 3.8) is 0 Å². The van der Waals surface area contributed by atoms with Gasteiger partial charge in [0.05, 0.1) is 17.7 Å². The van der Waals surface area contributed by atoms with Crippen LogP contribution in [0.3, 0.4) is 0 Å². The van der Waals surface area contributed by atoms with Gasteiger partial charge in [0.15, 0.2) is 0 Å². The summed E-state index contributed by atoms with van der Waals surface area (Å²) >= 11 is 0. The lowest BCUT2D eigenvalue weighted by molar-refractivity contribution is -0.124. The third-order valence-corrected chi connectivity index (χ3v) is 8.52. The molecule has 2 heterocycles. The SMILES string of the molecule is Cn1ccnc1CNCCNc1ccc2c(NC(=O)CC34CC5CC(CC(C5)C3)C4)cccc2n1. The molecule has 0 spiro atoms. The van der Waals surface area contributed by atoms with Crippen LogP contribution in [0, 0.1) is 23.2 Å². The minimum atomic E-state index is 0.167. The summed E-state index contributed by atoms with van der Waals surface area (Å²) in [5.74, 6) is 4.63. The summed E-state index contributed by atoms with van der Waals surface area (Å²) in [7, 11) is 2.00. The summed E-state index contributed by atoms with van der Waals surface area (Å²) in [4.78, 5) is 22.3.